The number of rotatable bonds is 5. The molecule has 0 radical (unpaired) electrons. The highest BCUT2D eigenvalue weighted by molar-refractivity contribution is 7.99. The molecule has 0 unspecified atom stereocenters. The van der Waals surface area contributed by atoms with E-state index in [4.69, 9.17) is 16.6 Å². The van der Waals surface area contributed by atoms with Crippen LogP contribution in [0.25, 0.3) is 0 Å². The minimum absolute atomic E-state index is 0.0558. The second kappa shape index (κ2) is 8.74. The van der Waals surface area contributed by atoms with E-state index >= 15 is 0 Å². The summed E-state index contributed by atoms with van der Waals surface area (Å²) < 4.78 is 0. The Balaban J connectivity index is 1.79. The first-order chi connectivity index (χ1) is 14.0. The predicted octanol–water partition coefficient (Wildman–Crippen LogP) is 6.87. The van der Waals surface area contributed by atoms with E-state index in [1.807, 2.05) is 36.4 Å². The molecule has 0 spiro atoms. The lowest BCUT2D eigenvalue weighted by Crippen LogP contribution is -2.24. The van der Waals surface area contributed by atoms with Gasteiger partial charge in [0.25, 0.3) is 5.91 Å². The second-order valence-electron chi connectivity index (χ2n) is 6.91. The summed E-state index contributed by atoms with van der Waals surface area (Å²) in [7, 11) is 0. The first kappa shape index (κ1) is 20.2. The van der Waals surface area contributed by atoms with Crippen LogP contribution in [0.3, 0.4) is 0 Å². The molecule has 4 rings (SSSR count). The van der Waals surface area contributed by atoms with E-state index in [0.29, 0.717) is 17.1 Å². The number of nitrogens with one attached hydrogen (secondary N) is 1. The number of unbranched alkanes of at least 4 members (excludes halogenated alkanes) is 1. The maximum absolute atomic E-state index is 12.5. The maximum atomic E-state index is 12.5. The molecular formula is C23H21ClN2OS2. The molecule has 3 aromatic rings. The first-order valence-corrected chi connectivity index (χ1v) is 11.6. The molecule has 2 heterocycles. The van der Waals surface area contributed by atoms with Gasteiger partial charge in [0.15, 0.2) is 0 Å². The zero-order valence-electron chi connectivity index (χ0n) is 16.3. The third-order valence-corrected chi connectivity index (χ3v) is 7.04. The molecule has 0 fully saturated rings. The van der Waals surface area contributed by atoms with Gasteiger partial charge in [0, 0.05) is 37.4 Å². The van der Waals surface area contributed by atoms with Crippen LogP contribution >= 0.6 is 34.7 Å². The number of thiophene rings is 1. The SMILES string of the molecule is CCCCNC(=O)c1ccc2c(c1)N=C(c1ccc(C)s1)c1cc(Cl)ccc1S2. The van der Waals surface area contributed by atoms with Crippen molar-refractivity contribution in [2.75, 3.05) is 6.54 Å². The number of carbonyl (C=O) groups excluding carboxylic acids is 1. The molecular weight excluding hydrogens is 420 g/mol. The number of benzene rings is 2. The number of carbonyl (C=O) groups is 1. The Hall–Kier alpha value is -2.08. The number of nitrogens with zero attached hydrogens (tertiary/aromatic N) is 1. The largest absolute Gasteiger partial charge is 0.352 e. The van der Waals surface area contributed by atoms with Gasteiger partial charge in [0.1, 0.15) is 0 Å². The summed E-state index contributed by atoms with van der Waals surface area (Å²) in [6, 6.07) is 15.9. The number of aryl methyl sites for hydroxylation is 1. The summed E-state index contributed by atoms with van der Waals surface area (Å²) >= 11 is 9.68. The van der Waals surface area contributed by atoms with Crippen molar-refractivity contribution in [3.05, 3.63) is 74.4 Å². The van der Waals surface area contributed by atoms with Crippen LogP contribution in [0.1, 0.15) is 45.4 Å². The van der Waals surface area contributed by atoms with Crippen LogP contribution in [-0.4, -0.2) is 18.2 Å². The van der Waals surface area contributed by atoms with E-state index in [-0.39, 0.29) is 5.91 Å². The van der Waals surface area contributed by atoms with Crippen molar-refractivity contribution in [2.45, 2.75) is 36.5 Å². The maximum Gasteiger partial charge on any atom is 0.251 e. The molecule has 0 atom stereocenters. The van der Waals surface area contributed by atoms with Gasteiger partial charge in [-0.25, -0.2) is 4.99 Å². The van der Waals surface area contributed by atoms with Crippen LogP contribution < -0.4 is 5.32 Å². The summed E-state index contributed by atoms with van der Waals surface area (Å²) in [6.45, 7) is 4.89. The fourth-order valence-corrected chi connectivity index (χ4v) is 5.17. The van der Waals surface area contributed by atoms with Crippen molar-refractivity contribution in [2.24, 2.45) is 4.99 Å². The summed E-state index contributed by atoms with van der Waals surface area (Å²) in [4.78, 5) is 22.0. The van der Waals surface area contributed by atoms with Crippen molar-refractivity contribution in [1.82, 2.24) is 5.32 Å². The lowest BCUT2D eigenvalue weighted by atomic mass is 10.1. The van der Waals surface area contributed by atoms with Crippen molar-refractivity contribution in [3.63, 3.8) is 0 Å². The Bertz CT molecular complexity index is 1100. The van der Waals surface area contributed by atoms with E-state index in [9.17, 15) is 4.79 Å². The zero-order chi connectivity index (χ0) is 20.4. The van der Waals surface area contributed by atoms with Crippen molar-refractivity contribution < 1.29 is 4.79 Å². The van der Waals surface area contributed by atoms with Gasteiger partial charge >= 0.3 is 0 Å². The molecule has 29 heavy (non-hydrogen) atoms. The van der Waals surface area contributed by atoms with Gasteiger partial charge in [-0.2, -0.15) is 0 Å². The molecule has 1 aliphatic rings. The van der Waals surface area contributed by atoms with Crippen molar-refractivity contribution >= 4 is 52.0 Å². The van der Waals surface area contributed by atoms with Gasteiger partial charge in [0.2, 0.25) is 0 Å². The van der Waals surface area contributed by atoms with E-state index in [0.717, 1.165) is 44.5 Å². The zero-order valence-corrected chi connectivity index (χ0v) is 18.7. The summed E-state index contributed by atoms with van der Waals surface area (Å²) in [5, 5.41) is 3.67. The van der Waals surface area contributed by atoms with Crippen LogP contribution in [0.5, 0.6) is 0 Å². The van der Waals surface area contributed by atoms with E-state index in [1.165, 1.54) is 4.88 Å². The Morgan fingerprint density at radius 1 is 1.10 bits per heavy atom. The highest BCUT2D eigenvalue weighted by Crippen LogP contribution is 2.43. The monoisotopic (exact) mass is 440 g/mol. The number of halogens is 1. The van der Waals surface area contributed by atoms with Gasteiger partial charge < -0.3 is 5.32 Å². The molecule has 1 N–H and O–H groups in total. The van der Waals surface area contributed by atoms with Crippen molar-refractivity contribution in [3.8, 4) is 0 Å². The third kappa shape index (κ3) is 4.42. The van der Waals surface area contributed by atoms with E-state index < -0.39 is 0 Å². The number of amides is 1. The lowest BCUT2D eigenvalue weighted by molar-refractivity contribution is 0.0953. The fourth-order valence-electron chi connectivity index (χ4n) is 3.14. The van der Waals surface area contributed by atoms with Crippen LogP contribution in [-0.2, 0) is 0 Å². The Labute approximate surface area is 184 Å². The van der Waals surface area contributed by atoms with Crippen molar-refractivity contribution in [1.29, 1.82) is 0 Å². The van der Waals surface area contributed by atoms with Gasteiger partial charge in [-0.15, -0.1) is 11.3 Å². The molecule has 3 nitrogen and oxygen atoms in total. The van der Waals surface area contributed by atoms with Crippen LogP contribution in [0.2, 0.25) is 5.02 Å². The normalized spacial score (nSPS) is 12.6. The molecule has 2 aromatic carbocycles. The quantitative estimate of drug-likeness (QED) is 0.344. The number of aliphatic imine (C=N–C) groups is 1. The molecule has 1 amide bonds. The molecule has 0 saturated carbocycles. The summed E-state index contributed by atoms with van der Waals surface area (Å²) in [6.07, 6.45) is 2.03. The average Bonchev–Trinajstić information content (AvgIpc) is 3.07. The number of hydrogen-bond donors (Lipinski definition) is 1. The lowest BCUT2D eigenvalue weighted by Gasteiger charge is -2.08. The molecule has 6 heteroatoms. The first-order valence-electron chi connectivity index (χ1n) is 9.60. The van der Waals surface area contributed by atoms with Gasteiger partial charge in [-0.3, -0.25) is 4.79 Å². The number of hydrogen-bond acceptors (Lipinski definition) is 4. The molecule has 0 bridgehead atoms. The highest BCUT2D eigenvalue weighted by atomic mass is 35.5. The Kier molecular flexibility index (Phi) is 6.09. The van der Waals surface area contributed by atoms with Crippen LogP contribution in [0, 0.1) is 6.92 Å². The predicted molar refractivity (Wildman–Crippen MR) is 124 cm³/mol. The Morgan fingerprint density at radius 3 is 2.69 bits per heavy atom. The van der Waals surface area contributed by atoms with Crippen LogP contribution in [0.4, 0.5) is 5.69 Å². The molecule has 0 saturated heterocycles. The Morgan fingerprint density at radius 2 is 1.93 bits per heavy atom. The highest BCUT2D eigenvalue weighted by Gasteiger charge is 2.21. The van der Waals surface area contributed by atoms with Gasteiger partial charge in [-0.05, 0) is 61.9 Å². The standard InChI is InChI=1S/C23H21ClN2OS2/c1-3-4-11-25-23(27)15-6-9-20-18(12-15)26-22(21-8-5-14(2)28-21)17-13-16(24)7-10-19(17)29-20/h5-10,12-13H,3-4,11H2,1-2H3,(H,25,27). The van der Waals surface area contributed by atoms with Gasteiger partial charge in [-0.1, -0.05) is 36.7 Å². The minimum Gasteiger partial charge on any atom is -0.352 e. The molecule has 1 aliphatic heterocycles. The van der Waals surface area contributed by atoms with Gasteiger partial charge in [0.05, 0.1) is 16.3 Å². The molecule has 148 valence electrons. The van der Waals surface area contributed by atoms with E-state index in [1.54, 1.807) is 23.1 Å². The average molecular weight is 441 g/mol. The molecule has 0 aliphatic carbocycles. The van der Waals surface area contributed by atoms with E-state index in [2.05, 4.69) is 31.3 Å². The number of fused-ring (bicyclic) bond motifs is 2. The smallest absolute Gasteiger partial charge is 0.251 e. The fraction of sp³-hybridized carbons (Fsp3) is 0.217. The second-order valence-corrected chi connectivity index (χ2v) is 9.71. The summed E-state index contributed by atoms with van der Waals surface area (Å²) in [5.74, 6) is -0.0558. The minimum atomic E-state index is -0.0558. The third-order valence-electron chi connectivity index (χ3n) is 4.66. The summed E-state index contributed by atoms with van der Waals surface area (Å²) in [5.41, 5.74) is 3.37. The molecule has 1 aromatic heterocycles. The topological polar surface area (TPSA) is 41.5 Å². The van der Waals surface area contributed by atoms with Crippen LogP contribution in [0.15, 0.2) is 63.3 Å².